The van der Waals surface area contributed by atoms with Gasteiger partial charge in [-0.15, -0.1) is 5.01 Å². The summed E-state index contributed by atoms with van der Waals surface area (Å²) in [6.07, 6.45) is -8.70. The van der Waals surface area contributed by atoms with Crippen LogP contribution in [0.15, 0.2) is 91.0 Å². The monoisotopic (exact) mass is 860 g/mol. The van der Waals surface area contributed by atoms with Gasteiger partial charge in [0.15, 0.2) is 12.2 Å². The van der Waals surface area contributed by atoms with Crippen LogP contribution in [0.5, 0.6) is 0 Å². The van der Waals surface area contributed by atoms with Gasteiger partial charge in [0.1, 0.15) is 24.7 Å². The molecule has 1 aliphatic heterocycles. The normalized spacial score (nSPS) is 16.0. The molecule has 332 valence electrons. The van der Waals surface area contributed by atoms with Gasteiger partial charge in [-0.3, -0.25) is 28.8 Å². The number of hydrazine groups is 1. The van der Waals surface area contributed by atoms with Crippen molar-refractivity contribution in [3.8, 4) is 0 Å². The highest BCUT2D eigenvalue weighted by atomic mass is 16.6. The van der Waals surface area contributed by atoms with Crippen LogP contribution in [0.25, 0.3) is 0 Å². The molecule has 0 spiro atoms. The van der Waals surface area contributed by atoms with Gasteiger partial charge >= 0.3 is 18.2 Å². The number of carboxylic acid groups (broad SMARTS) is 2. The van der Waals surface area contributed by atoms with Crippen LogP contribution >= 0.6 is 0 Å². The third-order valence-corrected chi connectivity index (χ3v) is 9.59. The number of aliphatic carboxylic acids is 1. The minimum atomic E-state index is -1.95. The second-order valence-corrected chi connectivity index (χ2v) is 15.0. The summed E-state index contributed by atoms with van der Waals surface area (Å²) < 4.78 is 10.7. The Morgan fingerprint density at radius 1 is 0.694 bits per heavy atom. The van der Waals surface area contributed by atoms with Crippen LogP contribution in [0.3, 0.4) is 0 Å². The van der Waals surface area contributed by atoms with Crippen molar-refractivity contribution < 1.29 is 63.1 Å². The van der Waals surface area contributed by atoms with Crippen molar-refractivity contribution in [2.75, 3.05) is 7.05 Å². The number of ether oxygens (including phenoxy) is 2. The molecule has 1 saturated heterocycles. The molecule has 3 aromatic rings. The van der Waals surface area contributed by atoms with E-state index < -0.39 is 97.0 Å². The number of aliphatic hydroxyl groups excluding tert-OH is 1. The first-order chi connectivity index (χ1) is 29.5. The number of amides is 7. The molecule has 62 heavy (non-hydrogen) atoms. The summed E-state index contributed by atoms with van der Waals surface area (Å²) in [4.78, 5) is 107. The molecule has 0 saturated carbocycles. The van der Waals surface area contributed by atoms with E-state index in [2.05, 4.69) is 16.0 Å². The fraction of sp³-hybridized carbons (Fsp3) is 0.395. The number of hydrogen-bond donors (Lipinski definition) is 6. The van der Waals surface area contributed by atoms with Crippen molar-refractivity contribution in [1.29, 1.82) is 0 Å². The van der Waals surface area contributed by atoms with E-state index in [1.807, 2.05) is 36.4 Å². The Labute approximate surface area is 357 Å². The number of nitrogens with one attached hydrogen (secondary N) is 3. The molecule has 1 heterocycles. The van der Waals surface area contributed by atoms with Crippen LogP contribution in [0, 0.1) is 5.92 Å². The molecule has 0 aliphatic carbocycles. The average molecular weight is 861 g/mol. The lowest BCUT2D eigenvalue weighted by molar-refractivity contribution is -0.160. The van der Waals surface area contributed by atoms with Crippen molar-refractivity contribution in [2.24, 2.45) is 5.92 Å². The Hall–Kier alpha value is -6.86. The van der Waals surface area contributed by atoms with Gasteiger partial charge in [0.2, 0.25) is 11.8 Å². The molecule has 6 atom stereocenters. The van der Waals surface area contributed by atoms with Gasteiger partial charge in [-0.05, 0) is 42.4 Å². The second-order valence-electron chi connectivity index (χ2n) is 15.0. The molecule has 7 amide bonds. The lowest BCUT2D eigenvalue weighted by atomic mass is 10.0. The van der Waals surface area contributed by atoms with E-state index in [1.165, 1.54) is 4.90 Å². The molecule has 0 unspecified atom stereocenters. The summed E-state index contributed by atoms with van der Waals surface area (Å²) in [6, 6.07) is 21.9. The Morgan fingerprint density at radius 2 is 1.19 bits per heavy atom. The largest absolute Gasteiger partial charge is 0.481 e. The highest BCUT2D eigenvalue weighted by molar-refractivity contribution is 6.02. The number of aliphatic hydroxyl groups is 1. The Kier molecular flexibility index (Phi) is 17.5. The summed E-state index contributed by atoms with van der Waals surface area (Å²) in [7, 11) is 0.884. The van der Waals surface area contributed by atoms with Gasteiger partial charge in [0, 0.05) is 26.6 Å². The molecule has 3 aromatic carbocycles. The predicted octanol–water partition coefficient (Wildman–Crippen LogP) is 2.42. The molecule has 1 fully saturated rings. The number of rotatable bonds is 20. The maximum Gasteiger partial charge on any atom is 0.433 e. The zero-order chi connectivity index (χ0) is 45.5. The van der Waals surface area contributed by atoms with E-state index in [9.17, 15) is 53.7 Å². The lowest BCUT2D eigenvalue weighted by Crippen LogP contribution is -2.62. The zero-order valence-corrected chi connectivity index (χ0v) is 34.7. The number of benzene rings is 3. The maximum atomic E-state index is 13.8. The fourth-order valence-electron chi connectivity index (χ4n) is 6.34. The zero-order valence-electron chi connectivity index (χ0n) is 34.7. The van der Waals surface area contributed by atoms with Crippen LogP contribution in [-0.4, -0.2) is 121 Å². The number of nitrogens with zero attached hydrogens (tertiary/aromatic N) is 3. The van der Waals surface area contributed by atoms with Gasteiger partial charge in [0.25, 0.3) is 17.7 Å². The molecule has 0 bridgehead atoms. The molecule has 0 radical (unpaired) electrons. The first-order valence-corrected chi connectivity index (χ1v) is 19.8. The molecule has 4 rings (SSSR count). The van der Waals surface area contributed by atoms with Gasteiger partial charge in [0.05, 0.1) is 6.10 Å². The second kappa shape index (κ2) is 22.7. The van der Waals surface area contributed by atoms with E-state index >= 15 is 0 Å². The van der Waals surface area contributed by atoms with E-state index in [1.54, 1.807) is 68.4 Å². The third kappa shape index (κ3) is 14.1. The van der Waals surface area contributed by atoms with E-state index in [0.717, 1.165) is 25.1 Å². The molecule has 19 heteroatoms. The Morgan fingerprint density at radius 3 is 1.68 bits per heavy atom. The van der Waals surface area contributed by atoms with Crippen LogP contribution in [0.1, 0.15) is 56.7 Å². The first kappa shape index (κ1) is 47.8. The standard InChI is InChI=1S/C43H52N6O13/c1-26(2)22-32(45-42(58)61-25-30-18-12-7-13-19-30)38(54)44-31(20-21-33(51)52)37(53)46-34(27(3)50)39(55)47(4)49(43(59)60)41(57)36-35(62-36)40(56)48(23-28-14-8-5-9-15-28)24-29-16-10-6-11-17-29/h5-19,26-27,31-32,34-36,50H,20-25H2,1-4H3,(H,44,54)(H,45,58)(H,46,53)(H,51,52)(H,59,60)/t27-,31+,32+,34+,35+,36+/m1/s1. The quantitative estimate of drug-likeness (QED) is 0.0705. The van der Waals surface area contributed by atoms with Gasteiger partial charge in [-0.1, -0.05) is 105 Å². The summed E-state index contributed by atoms with van der Waals surface area (Å²) in [5, 5.41) is 37.6. The number of carboxylic acids is 1. The van der Waals surface area contributed by atoms with Crippen molar-refractivity contribution >= 4 is 47.7 Å². The number of epoxide rings is 1. The van der Waals surface area contributed by atoms with Crippen LogP contribution in [-0.2, 0) is 57.9 Å². The van der Waals surface area contributed by atoms with Crippen molar-refractivity contribution in [1.82, 2.24) is 30.9 Å². The molecular formula is C43H52N6O13. The number of likely N-dealkylation sites (N-methyl/N-ethyl adjacent to an activating group) is 1. The predicted molar refractivity (Wildman–Crippen MR) is 219 cm³/mol. The van der Waals surface area contributed by atoms with Crippen LogP contribution < -0.4 is 16.0 Å². The Balaban J connectivity index is 1.46. The van der Waals surface area contributed by atoms with Gasteiger partial charge < -0.3 is 45.6 Å². The van der Waals surface area contributed by atoms with E-state index in [4.69, 9.17) is 9.47 Å². The first-order valence-electron chi connectivity index (χ1n) is 19.8. The highest BCUT2D eigenvalue weighted by Gasteiger charge is 2.55. The minimum absolute atomic E-state index is 0.0106. The molecule has 6 N–H and O–H groups in total. The molecular weight excluding hydrogens is 809 g/mol. The fourth-order valence-corrected chi connectivity index (χ4v) is 6.34. The number of carbonyl (C=O) groups is 8. The van der Waals surface area contributed by atoms with E-state index in [0.29, 0.717) is 10.6 Å². The van der Waals surface area contributed by atoms with Gasteiger partial charge in [-0.2, -0.15) is 0 Å². The molecule has 0 aromatic heterocycles. The summed E-state index contributed by atoms with van der Waals surface area (Å²) in [5.41, 5.74) is 2.24. The summed E-state index contributed by atoms with van der Waals surface area (Å²) in [6.45, 7) is 4.80. The smallest absolute Gasteiger partial charge is 0.433 e. The molecule has 1 aliphatic rings. The van der Waals surface area contributed by atoms with Gasteiger partial charge in [-0.25, -0.2) is 14.6 Å². The minimum Gasteiger partial charge on any atom is -0.481 e. The van der Waals surface area contributed by atoms with Crippen molar-refractivity contribution in [3.05, 3.63) is 108 Å². The Bertz CT molecular complexity index is 2000. The number of alkyl carbamates (subject to hydrolysis) is 1. The van der Waals surface area contributed by atoms with E-state index in [-0.39, 0.29) is 37.0 Å². The number of carbonyl (C=O) groups excluding carboxylic acids is 6. The lowest BCUT2D eigenvalue weighted by Gasteiger charge is -2.32. The van der Waals surface area contributed by atoms with Crippen LogP contribution in [0.2, 0.25) is 0 Å². The summed E-state index contributed by atoms with van der Waals surface area (Å²) >= 11 is 0. The number of imide groups is 1. The highest BCUT2D eigenvalue weighted by Crippen LogP contribution is 2.29. The molecule has 19 nitrogen and oxygen atoms in total. The average Bonchev–Trinajstić information content (AvgIpc) is 4.04. The third-order valence-electron chi connectivity index (χ3n) is 9.59. The summed E-state index contributed by atoms with van der Waals surface area (Å²) in [5.74, 6) is -6.77. The topological polar surface area (TPSA) is 265 Å². The maximum absolute atomic E-state index is 13.8. The van der Waals surface area contributed by atoms with Crippen molar-refractivity contribution in [2.45, 2.75) is 96.2 Å². The SMILES string of the molecule is CC(C)C[C@H](NC(=O)OCc1ccccc1)C(=O)N[C@@H](CCC(=O)O)C(=O)N[C@H](C(=O)N(C)N(C(=O)O)C(=O)[C@H]1O[C@@H]1C(=O)N(Cc1ccccc1)Cc1ccccc1)[C@@H](C)O. The number of hydrogen-bond acceptors (Lipinski definition) is 11. The van der Waals surface area contributed by atoms with Crippen LogP contribution in [0.4, 0.5) is 9.59 Å². The van der Waals surface area contributed by atoms with Crippen molar-refractivity contribution in [3.63, 3.8) is 0 Å².